The number of nitrogens with zero attached hydrogens (tertiary/aromatic N) is 3. The summed E-state index contributed by atoms with van der Waals surface area (Å²) in [5.74, 6) is 4.97. The van der Waals surface area contributed by atoms with Crippen molar-refractivity contribution in [1.82, 2.24) is 14.5 Å². The van der Waals surface area contributed by atoms with E-state index in [-0.39, 0.29) is 12.5 Å². The lowest BCUT2D eigenvalue weighted by atomic mass is 10.3. The molecule has 1 aromatic carbocycles. The Morgan fingerprint density at radius 1 is 1.29 bits per heavy atom. The first-order chi connectivity index (χ1) is 10.0. The molecule has 0 bridgehead atoms. The largest absolute Gasteiger partial charge is 0.420 e. The molecule has 112 valence electrons. The van der Waals surface area contributed by atoms with Crippen molar-refractivity contribution < 1.29 is 9.21 Å². The minimum atomic E-state index is -0.557. The molecule has 2 heterocycles. The van der Waals surface area contributed by atoms with Gasteiger partial charge in [0.05, 0.1) is 5.52 Å². The molecule has 21 heavy (non-hydrogen) atoms. The van der Waals surface area contributed by atoms with Crippen molar-refractivity contribution >= 4 is 28.6 Å². The van der Waals surface area contributed by atoms with Crippen LogP contribution in [0.3, 0.4) is 0 Å². The van der Waals surface area contributed by atoms with Gasteiger partial charge in [-0.1, -0.05) is 11.6 Å². The summed E-state index contributed by atoms with van der Waals surface area (Å²) in [7, 11) is 0. The number of hydrazine groups is 1. The van der Waals surface area contributed by atoms with Crippen LogP contribution >= 0.6 is 11.6 Å². The van der Waals surface area contributed by atoms with Crippen LogP contribution in [0.1, 0.15) is 0 Å². The Morgan fingerprint density at radius 3 is 2.71 bits per heavy atom. The fourth-order valence-electron chi connectivity index (χ4n) is 2.39. The monoisotopic (exact) mass is 310 g/mol. The van der Waals surface area contributed by atoms with Gasteiger partial charge in [-0.25, -0.2) is 9.80 Å². The number of halogens is 1. The summed E-state index contributed by atoms with van der Waals surface area (Å²) in [6.07, 6.45) is 0. The van der Waals surface area contributed by atoms with Crippen molar-refractivity contribution in [3.05, 3.63) is 33.8 Å². The second-order valence-corrected chi connectivity index (χ2v) is 5.42. The molecule has 1 amide bonds. The Hall–Kier alpha value is -1.83. The van der Waals surface area contributed by atoms with E-state index in [1.54, 1.807) is 28.1 Å². The molecule has 1 saturated heterocycles. The van der Waals surface area contributed by atoms with E-state index in [2.05, 4.69) is 0 Å². The smallest absolute Gasteiger partial charge is 0.408 e. The van der Waals surface area contributed by atoms with E-state index in [0.29, 0.717) is 42.3 Å². The number of hydrogen-bond acceptors (Lipinski definition) is 5. The molecule has 2 N–H and O–H groups in total. The van der Waals surface area contributed by atoms with Gasteiger partial charge in [0.1, 0.15) is 6.54 Å². The molecule has 1 aromatic heterocycles. The van der Waals surface area contributed by atoms with Crippen molar-refractivity contribution in [2.45, 2.75) is 6.54 Å². The number of carbonyl (C=O) groups excluding carboxylic acids is 1. The molecule has 7 nitrogen and oxygen atoms in total. The third kappa shape index (κ3) is 2.80. The van der Waals surface area contributed by atoms with Crippen molar-refractivity contribution in [2.24, 2.45) is 5.84 Å². The van der Waals surface area contributed by atoms with E-state index in [1.807, 2.05) is 0 Å². The highest BCUT2D eigenvalue weighted by Gasteiger charge is 2.21. The zero-order chi connectivity index (χ0) is 15.0. The van der Waals surface area contributed by atoms with E-state index in [1.165, 1.54) is 4.57 Å². The average Bonchev–Trinajstić information content (AvgIpc) is 2.76. The van der Waals surface area contributed by atoms with E-state index < -0.39 is 5.76 Å². The Bertz CT molecular complexity index is 731. The predicted molar refractivity (Wildman–Crippen MR) is 77.8 cm³/mol. The molecule has 0 unspecified atom stereocenters. The highest BCUT2D eigenvalue weighted by atomic mass is 35.5. The molecule has 1 fully saturated rings. The molecule has 1 aliphatic heterocycles. The second-order valence-electron chi connectivity index (χ2n) is 4.98. The lowest BCUT2D eigenvalue weighted by Crippen LogP contribution is -2.52. The number of benzene rings is 1. The van der Waals surface area contributed by atoms with Gasteiger partial charge in [-0.3, -0.25) is 15.2 Å². The fourth-order valence-corrected chi connectivity index (χ4v) is 2.56. The lowest BCUT2D eigenvalue weighted by molar-refractivity contribution is -0.133. The molecule has 0 radical (unpaired) electrons. The number of piperazine rings is 1. The van der Waals surface area contributed by atoms with Crippen LogP contribution in [0.5, 0.6) is 0 Å². The summed E-state index contributed by atoms with van der Waals surface area (Å²) < 4.78 is 6.41. The quantitative estimate of drug-likeness (QED) is 0.805. The van der Waals surface area contributed by atoms with E-state index in [0.717, 1.165) is 0 Å². The zero-order valence-corrected chi connectivity index (χ0v) is 12.0. The first-order valence-corrected chi connectivity index (χ1v) is 6.99. The van der Waals surface area contributed by atoms with Gasteiger partial charge in [-0.05, 0) is 18.2 Å². The summed E-state index contributed by atoms with van der Waals surface area (Å²) in [5.41, 5.74) is 0.947. The summed E-state index contributed by atoms with van der Waals surface area (Å²) >= 11 is 5.93. The van der Waals surface area contributed by atoms with Crippen LogP contribution in [0.2, 0.25) is 5.02 Å². The van der Waals surface area contributed by atoms with Crippen LogP contribution in [0.25, 0.3) is 11.1 Å². The molecule has 2 aromatic rings. The van der Waals surface area contributed by atoms with Crippen LogP contribution in [0.4, 0.5) is 0 Å². The normalized spacial score (nSPS) is 16.6. The van der Waals surface area contributed by atoms with Crippen molar-refractivity contribution in [3.8, 4) is 0 Å². The molecule has 1 aliphatic rings. The molecule has 8 heteroatoms. The number of oxazole rings is 1. The number of aromatic nitrogens is 1. The maximum atomic E-state index is 12.3. The minimum absolute atomic E-state index is 0.0588. The summed E-state index contributed by atoms with van der Waals surface area (Å²) in [6, 6.07) is 4.87. The van der Waals surface area contributed by atoms with Gasteiger partial charge < -0.3 is 9.32 Å². The summed E-state index contributed by atoms with van der Waals surface area (Å²) in [6.45, 7) is 2.30. The average molecular weight is 311 g/mol. The van der Waals surface area contributed by atoms with Gasteiger partial charge in [-0.2, -0.15) is 0 Å². The second kappa shape index (κ2) is 5.51. The van der Waals surface area contributed by atoms with E-state index in [9.17, 15) is 9.59 Å². The number of carbonyl (C=O) groups is 1. The molecule has 3 rings (SSSR count). The topological polar surface area (TPSA) is 84.7 Å². The third-order valence-corrected chi connectivity index (χ3v) is 3.82. The SMILES string of the molecule is NN1CCN(C(=O)Cn2c(=O)oc3ccc(Cl)cc32)CC1. The van der Waals surface area contributed by atoms with Gasteiger partial charge in [0.15, 0.2) is 5.58 Å². The molecular formula is C13H15ClN4O3. The van der Waals surface area contributed by atoms with Crippen LogP contribution < -0.4 is 11.6 Å². The van der Waals surface area contributed by atoms with Gasteiger partial charge in [0.25, 0.3) is 0 Å². The predicted octanol–water partition coefficient (Wildman–Crippen LogP) is 0.266. The van der Waals surface area contributed by atoms with Crippen LogP contribution in [-0.2, 0) is 11.3 Å². The van der Waals surface area contributed by atoms with E-state index >= 15 is 0 Å². The zero-order valence-electron chi connectivity index (χ0n) is 11.3. The van der Waals surface area contributed by atoms with Crippen LogP contribution in [0, 0.1) is 0 Å². The number of rotatable bonds is 2. The summed E-state index contributed by atoms with van der Waals surface area (Å²) in [5, 5.41) is 2.16. The highest BCUT2D eigenvalue weighted by molar-refractivity contribution is 6.31. The number of nitrogens with two attached hydrogens (primary N) is 1. The van der Waals surface area contributed by atoms with Crippen LogP contribution in [0.15, 0.2) is 27.4 Å². The summed E-state index contributed by atoms with van der Waals surface area (Å²) in [4.78, 5) is 25.9. The number of hydrogen-bond donors (Lipinski definition) is 1. The maximum absolute atomic E-state index is 12.3. The maximum Gasteiger partial charge on any atom is 0.420 e. The number of amides is 1. The Labute approximate surface area is 125 Å². The molecule has 0 atom stereocenters. The highest BCUT2D eigenvalue weighted by Crippen LogP contribution is 2.18. The Kier molecular flexibility index (Phi) is 3.71. The lowest BCUT2D eigenvalue weighted by Gasteiger charge is -2.32. The molecule has 0 saturated carbocycles. The molecule has 0 aliphatic carbocycles. The molecular weight excluding hydrogens is 296 g/mol. The standard InChI is InChI=1S/C13H15ClN4O3/c14-9-1-2-11-10(7-9)18(13(20)21-11)8-12(19)16-3-5-17(15)6-4-16/h1-2,7H,3-6,8,15H2. The minimum Gasteiger partial charge on any atom is -0.408 e. The first kappa shape index (κ1) is 14.1. The molecule has 0 spiro atoms. The van der Waals surface area contributed by atoms with Crippen molar-refractivity contribution in [2.75, 3.05) is 26.2 Å². The van der Waals surface area contributed by atoms with Crippen LogP contribution in [-0.4, -0.2) is 46.6 Å². The van der Waals surface area contributed by atoms with Gasteiger partial charge in [0.2, 0.25) is 5.91 Å². The Morgan fingerprint density at radius 2 is 2.00 bits per heavy atom. The van der Waals surface area contributed by atoms with Crippen molar-refractivity contribution in [3.63, 3.8) is 0 Å². The Balaban J connectivity index is 1.84. The first-order valence-electron chi connectivity index (χ1n) is 6.61. The van der Waals surface area contributed by atoms with E-state index in [4.69, 9.17) is 21.9 Å². The number of fused-ring (bicyclic) bond motifs is 1. The fraction of sp³-hybridized carbons (Fsp3) is 0.385. The van der Waals surface area contributed by atoms with Gasteiger partial charge in [-0.15, -0.1) is 0 Å². The van der Waals surface area contributed by atoms with Crippen molar-refractivity contribution in [1.29, 1.82) is 0 Å². The van der Waals surface area contributed by atoms with Gasteiger partial charge >= 0.3 is 5.76 Å². The van der Waals surface area contributed by atoms with Gasteiger partial charge in [0, 0.05) is 31.2 Å². The third-order valence-electron chi connectivity index (χ3n) is 3.59.